The Balaban J connectivity index is 1.30. The number of methoxy groups -OCH3 is 1. The molecule has 176 valence electrons. The predicted octanol–water partition coefficient (Wildman–Crippen LogP) is 4.15. The summed E-state index contributed by atoms with van der Waals surface area (Å²) < 4.78 is 18.6. The number of rotatable bonds is 8. The van der Waals surface area contributed by atoms with E-state index in [0.717, 1.165) is 31.6 Å². The normalized spacial score (nSPS) is 27.3. The molecule has 3 aliphatic rings. The molecule has 2 aliphatic carbocycles. The molecule has 3 nitrogen and oxygen atoms in total. The van der Waals surface area contributed by atoms with Gasteiger partial charge in [-0.05, 0) is 77.4 Å². The molecule has 0 radical (unpaired) electrons. The van der Waals surface area contributed by atoms with Crippen LogP contribution in [-0.4, -0.2) is 35.0 Å². The van der Waals surface area contributed by atoms with Crippen LogP contribution in [0.4, 0.5) is 0 Å². The second-order valence-electron chi connectivity index (χ2n) is 10.2. The van der Waals surface area contributed by atoms with E-state index in [4.69, 9.17) is 13.9 Å². The molecule has 1 aliphatic heterocycles. The molecule has 1 saturated carbocycles. The van der Waals surface area contributed by atoms with E-state index in [9.17, 15) is 0 Å². The molecule has 6 rings (SSSR count). The van der Waals surface area contributed by atoms with Crippen LogP contribution in [0, 0.1) is 17.8 Å². The van der Waals surface area contributed by atoms with Crippen molar-refractivity contribution in [3.05, 3.63) is 90.0 Å². The summed E-state index contributed by atoms with van der Waals surface area (Å²) in [5.41, 5.74) is 2.91. The lowest BCUT2D eigenvalue weighted by atomic mass is 9.73. The molecule has 0 aromatic heterocycles. The number of hydrogen-bond acceptors (Lipinski definition) is 3. The fraction of sp³-hybridized carbons (Fsp3) is 0.400. The average molecular weight is 471 g/mol. The van der Waals surface area contributed by atoms with Crippen molar-refractivity contribution in [2.45, 2.75) is 44.3 Å². The number of ether oxygens (including phenoxy) is 2. The first-order chi connectivity index (χ1) is 16.8. The van der Waals surface area contributed by atoms with Crippen LogP contribution in [-0.2, 0) is 22.0 Å². The van der Waals surface area contributed by atoms with Crippen LogP contribution in [0.2, 0.25) is 0 Å². The maximum Gasteiger partial charge on any atom is 0.240 e. The minimum Gasteiger partial charge on any atom is -0.496 e. The van der Waals surface area contributed by atoms with Gasteiger partial charge in [0.1, 0.15) is 5.75 Å². The van der Waals surface area contributed by atoms with E-state index < -0.39 is 9.04 Å². The summed E-state index contributed by atoms with van der Waals surface area (Å²) in [6.45, 7) is 0.942. The molecule has 1 heterocycles. The largest absolute Gasteiger partial charge is 0.496 e. The van der Waals surface area contributed by atoms with E-state index in [1.54, 1.807) is 7.11 Å². The third kappa shape index (κ3) is 4.47. The fourth-order valence-electron chi connectivity index (χ4n) is 6.52. The molecule has 2 fully saturated rings. The maximum absolute atomic E-state index is 7.26. The van der Waals surface area contributed by atoms with E-state index in [-0.39, 0.29) is 0 Å². The van der Waals surface area contributed by atoms with Crippen LogP contribution in [0.15, 0.2) is 78.9 Å². The van der Waals surface area contributed by atoms with Gasteiger partial charge in [-0.1, -0.05) is 72.8 Å². The first-order valence-electron chi connectivity index (χ1n) is 12.8. The Morgan fingerprint density at radius 1 is 0.853 bits per heavy atom. The molecule has 0 spiro atoms. The minimum atomic E-state index is -1.78. The fourth-order valence-corrected chi connectivity index (χ4v) is 9.02. The summed E-state index contributed by atoms with van der Waals surface area (Å²) in [5.74, 6) is 3.00. The molecule has 0 N–H and O–H groups in total. The highest BCUT2D eigenvalue weighted by Gasteiger charge is 2.47. The molecule has 1 saturated heterocycles. The van der Waals surface area contributed by atoms with E-state index >= 15 is 0 Å². The summed E-state index contributed by atoms with van der Waals surface area (Å²) >= 11 is 0. The Hall–Kier alpha value is -2.40. The Bertz CT molecular complexity index is 1060. The SMILES string of the molecule is COc1cccc2c1C[C@H]1C[C@@H](O[SiH](c3ccccc3)c3ccccc3)[C@H](CCC3CO3)[C@H]1C2. The number of hydrogen-bond donors (Lipinski definition) is 0. The molecular weight excluding hydrogens is 436 g/mol. The van der Waals surface area contributed by atoms with Gasteiger partial charge in [-0.15, -0.1) is 0 Å². The molecule has 4 heteroatoms. The van der Waals surface area contributed by atoms with Crippen molar-refractivity contribution in [2.75, 3.05) is 13.7 Å². The summed E-state index contributed by atoms with van der Waals surface area (Å²) in [6.07, 6.45) is 6.58. The first-order valence-corrected chi connectivity index (χ1v) is 14.4. The summed E-state index contributed by atoms with van der Waals surface area (Å²) in [7, 11) is 0.0229. The van der Waals surface area contributed by atoms with Gasteiger partial charge in [-0.2, -0.15) is 0 Å². The van der Waals surface area contributed by atoms with Gasteiger partial charge in [-0.3, -0.25) is 0 Å². The van der Waals surface area contributed by atoms with Crippen molar-refractivity contribution in [3.63, 3.8) is 0 Å². The Morgan fingerprint density at radius 3 is 2.21 bits per heavy atom. The molecular formula is C30H34O3Si. The average Bonchev–Trinajstić information content (AvgIpc) is 3.66. The van der Waals surface area contributed by atoms with Crippen LogP contribution in [0.1, 0.15) is 30.4 Å². The van der Waals surface area contributed by atoms with Crippen LogP contribution in [0.25, 0.3) is 0 Å². The van der Waals surface area contributed by atoms with Gasteiger partial charge in [0.25, 0.3) is 0 Å². The van der Waals surface area contributed by atoms with Crippen LogP contribution >= 0.6 is 0 Å². The summed E-state index contributed by atoms with van der Waals surface area (Å²) in [4.78, 5) is 0. The molecule has 0 amide bonds. The van der Waals surface area contributed by atoms with Gasteiger partial charge in [0, 0.05) is 6.10 Å². The highest BCUT2D eigenvalue weighted by atomic mass is 28.3. The molecule has 0 bridgehead atoms. The number of epoxide rings is 1. The molecule has 34 heavy (non-hydrogen) atoms. The Morgan fingerprint density at radius 2 is 1.56 bits per heavy atom. The van der Waals surface area contributed by atoms with Crippen LogP contribution in [0.5, 0.6) is 5.75 Å². The Kier molecular flexibility index (Phi) is 6.29. The number of benzene rings is 3. The van der Waals surface area contributed by atoms with Crippen molar-refractivity contribution in [1.82, 2.24) is 0 Å². The maximum atomic E-state index is 7.26. The monoisotopic (exact) mass is 470 g/mol. The van der Waals surface area contributed by atoms with Crippen LogP contribution in [0.3, 0.4) is 0 Å². The predicted molar refractivity (Wildman–Crippen MR) is 139 cm³/mol. The topological polar surface area (TPSA) is 31.0 Å². The quantitative estimate of drug-likeness (QED) is 0.366. The second kappa shape index (κ2) is 9.69. The lowest BCUT2D eigenvalue weighted by Gasteiger charge is -2.33. The standard InChI is InChI=1S/C30H34O3Si/c1-31-29-14-8-9-21-17-27-22(18-28(21)29)19-30(26(27)16-15-23-20-32-23)33-34(24-10-4-2-5-11-24)25-12-6-3-7-13-25/h2-14,22-23,26-27,30,34H,15-20H2,1H3/t22-,23?,26+,27-,30+/m0/s1. The third-order valence-electron chi connectivity index (χ3n) is 8.28. The highest BCUT2D eigenvalue weighted by molar-refractivity contribution is 6.80. The minimum absolute atomic E-state index is 0.311. The Labute approximate surface area is 204 Å². The summed E-state index contributed by atoms with van der Waals surface area (Å²) in [5, 5.41) is 2.75. The zero-order valence-electron chi connectivity index (χ0n) is 19.9. The first kappa shape index (κ1) is 22.1. The lowest BCUT2D eigenvalue weighted by molar-refractivity contribution is 0.134. The zero-order valence-corrected chi connectivity index (χ0v) is 21.1. The second-order valence-corrected chi connectivity index (χ2v) is 12.6. The van der Waals surface area contributed by atoms with Gasteiger partial charge >= 0.3 is 0 Å². The van der Waals surface area contributed by atoms with E-state index in [1.807, 2.05) is 0 Å². The van der Waals surface area contributed by atoms with Gasteiger partial charge in [-0.25, -0.2) is 0 Å². The molecule has 5 atom stereocenters. The van der Waals surface area contributed by atoms with Gasteiger partial charge in [0.2, 0.25) is 9.04 Å². The van der Waals surface area contributed by atoms with Crippen molar-refractivity contribution >= 4 is 19.4 Å². The van der Waals surface area contributed by atoms with Gasteiger partial charge < -0.3 is 13.9 Å². The summed E-state index contributed by atoms with van der Waals surface area (Å²) in [6, 6.07) is 28.5. The van der Waals surface area contributed by atoms with E-state index in [2.05, 4.69) is 78.9 Å². The molecule has 1 unspecified atom stereocenters. The van der Waals surface area contributed by atoms with E-state index in [0.29, 0.717) is 30.0 Å². The highest BCUT2D eigenvalue weighted by Crippen LogP contribution is 2.49. The number of fused-ring (bicyclic) bond motifs is 2. The van der Waals surface area contributed by atoms with Crippen molar-refractivity contribution in [1.29, 1.82) is 0 Å². The van der Waals surface area contributed by atoms with Gasteiger partial charge in [0.05, 0.1) is 19.8 Å². The van der Waals surface area contributed by atoms with Crippen molar-refractivity contribution in [3.8, 4) is 5.75 Å². The van der Waals surface area contributed by atoms with Crippen molar-refractivity contribution < 1.29 is 13.9 Å². The molecule has 3 aromatic rings. The molecule has 3 aromatic carbocycles. The lowest BCUT2D eigenvalue weighted by Crippen LogP contribution is -2.48. The smallest absolute Gasteiger partial charge is 0.240 e. The van der Waals surface area contributed by atoms with Gasteiger partial charge in [0.15, 0.2) is 0 Å². The third-order valence-corrected chi connectivity index (χ3v) is 10.9. The zero-order chi connectivity index (χ0) is 22.9. The van der Waals surface area contributed by atoms with E-state index in [1.165, 1.54) is 34.3 Å². The van der Waals surface area contributed by atoms with Crippen molar-refractivity contribution in [2.24, 2.45) is 17.8 Å². The van der Waals surface area contributed by atoms with Crippen LogP contribution < -0.4 is 15.1 Å².